The van der Waals surface area contributed by atoms with Crippen molar-refractivity contribution in [1.82, 2.24) is 34.9 Å². The van der Waals surface area contributed by atoms with Crippen LogP contribution in [0.4, 0.5) is 10.7 Å². The average molecular weight is 360 g/mol. The zero-order chi connectivity index (χ0) is 18.6. The van der Waals surface area contributed by atoms with E-state index in [1.165, 1.54) is 6.33 Å². The Morgan fingerprint density at radius 3 is 2.63 bits per heavy atom. The molecule has 9 heteroatoms. The van der Waals surface area contributed by atoms with Crippen molar-refractivity contribution < 1.29 is 4.79 Å². The third-order valence-electron chi connectivity index (χ3n) is 3.85. The third kappa shape index (κ3) is 3.43. The summed E-state index contributed by atoms with van der Waals surface area (Å²) in [7, 11) is 0. The van der Waals surface area contributed by atoms with Crippen molar-refractivity contribution in [2.45, 2.75) is 6.92 Å². The lowest BCUT2D eigenvalue weighted by atomic mass is 10.1. The fourth-order valence-electron chi connectivity index (χ4n) is 2.68. The largest absolute Gasteiger partial charge is 0.338 e. The molecule has 0 aliphatic rings. The monoisotopic (exact) mass is 360 g/mol. The van der Waals surface area contributed by atoms with Gasteiger partial charge in [-0.1, -0.05) is 6.07 Å². The molecule has 2 N–H and O–H groups in total. The molecular weight excluding hydrogens is 344 g/mol. The molecule has 0 saturated carbocycles. The summed E-state index contributed by atoms with van der Waals surface area (Å²) in [5.41, 5.74) is 3.99. The van der Waals surface area contributed by atoms with Gasteiger partial charge in [0.25, 0.3) is 5.95 Å². The maximum atomic E-state index is 11.8. The Bertz CT molecular complexity index is 1080. The highest BCUT2D eigenvalue weighted by Gasteiger charge is 2.14. The van der Waals surface area contributed by atoms with Crippen molar-refractivity contribution in [3.05, 3.63) is 55.4 Å². The number of pyridine rings is 2. The first-order chi connectivity index (χ1) is 13.2. The molecule has 0 saturated heterocycles. The van der Waals surface area contributed by atoms with Gasteiger partial charge in [-0.2, -0.15) is 4.98 Å². The number of aromatic nitrogens is 6. The van der Waals surface area contributed by atoms with Crippen LogP contribution in [0, 0.1) is 0 Å². The highest BCUT2D eigenvalue weighted by atomic mass is 16.2. The second-order valence-electron chi connectivity index (χ2n) is 5.69. The molecule has 0 radical (unpaired) electrons. The van der Waals surface area contributed by atoms with Crippen molar-refractivity contribution in [2.24, 2.45) is 0 Å². The summed E-state index contributed by atoms with van der Waals surface area (Å²) in [5.74, 6) is 0.211. The van der Waals surface area contributed by atoms with Gasteiger partial charge in [0.1, 0.15) is 6.33 Å². The molecular formula is C18H16N8O. The van der Waals surface area contributed by atoms with Gasteiger partial charge in [0.05, 0.1) is 5.69 Å². The van der Waals surface area contributed by atoms with E-state index in [9.17, 15) is 4.79 Å². The molecule has 0 aliphatic carbocycles. The molecule has 0 spiro atoms. The summed E-state index contributed by atoms with van der Waals surface area (Å²) in [6, 6.07) is 7.34. The lowest BCUT2D eigenvalue weighted by Crippen LogP contribution is -2.28. The van der Waals surface area contributed by atoms with Crippen LogP contribution in [0.25, 0.3) is 28.0 Å². The summed E-state index contributed by atoms with van der Waals surface area (Å²) in [6.45, 7) is 2.35. The van der Waals surface area contributed by atoms with E-state index >= 15 is 0 Å². The van der Waals surface area contributed by atoms with Gasteiger partial charge < -0.3 is 5.32 Å². The number of carbonyl (C=O) groups is 1. The Labute approximate surface area is 154 Å². The van der Waals surface area contributed by atoms with E-state index < -0.39 is 0 Å². The number of carbonyl (C=O) groups excluding carboxylic acids is 1. The van der Waals surface area contributed by atoms with Gasteiger partial charge in [0, 0.05) is 42.5 Å². The number of amides is 2. The minimum atomic E-state index is -0.356. The maximum absolute atomic E-state index is 11.8. The van der Waals surface area contributed by atoms with Crippen molar-refractivity contribution in [3.63, 3.8) is 0 Å². The SMILES string of the molecule is CCNC(=O)Nc1nc2cc(-c3cccnc3)cc(-c3cncnc3)n2n1. The molecule has 0 aromatic carbocycles. The number of fused-ring (bicyclic) bond motifs is 1. The smallest absolute Gasteiger partial charge is 0.321 e. The Morgan fingerprint density at radius 2 is 1.89 bits per heavy atom. The quantitative estimate of drug-likeness (QED) is 0.578. The Morgan fingerprint density at radius 1 is 1.07 bits per heavy atom. The standard InChI is InChI=1S/C18H16N8O/c1-2-22-18(27)24-17-23-16-7-13(12-4-3-5-19-8-12)6-15(26(16)25-17)14-9-20-11-21-10-14/h3-11H,2H2,1H3,(H2,22,24,25,27). The van der Waals surface area contributed by atoms with Crippen LogP contribution in [0.15, 0.2) is 55.4 Å². The van der Waals surface area contributed by atoms with Crippen molar-refractivity contribution >= 4 is 17.6 Å². The number of hydrogen-bond donors (Lipinski definition) is 2. The van der Waals surface area contributed by atoms with Crippen LogP contribution in [0.5, 0.6) is 0 Å². The summed E-state index contributed by atoms with van der Waals surface area (Å²) in [4.78, 5) is 28.6. The number of nitrogens with one attached hydrogen (secondary N) is 2. The normalized spacial score (nSPS) is 10.7. The van der Waals surface area contributed by atoms with E-state index in [-0.39, 0.29) is 12.0 Å². The zero-order valence-electron chi connectivity index (χ0n) is 14.5. The predicted molar refractivity (Wildman–Crippen MR) is 99.9 cm³/mol. The molecule has 4 heterocycles. The second-order valence-corrected chi connectivity index (χ2v) is 5.69. The van der Waals surface area contributed by atoms with Gasteiger partial charge in [-0.25, -0.2) is 19.3 Å². The van der Waals surface area contributed by atoms with Gasteiger partial charge in [-0.05, 0) is 30.7 Å². The summed E-state index contributed by atoms with van der Waals surface area (Å²) < 4.78 is 1.65. The molecule has 134 valence electrons. The van der Waals surface area contributed by atoms with E-state index in [1.54, 1.807) is 29.3 Å². The molecule has 0 bridgehead atoms. The highest BCUT2D eigenvalue weighted by Crippen LogP contribution is 2.27. The minimum Gasteiger partial charge on any atom is -0.338 e. The molecule has 4 aromatic heterocycles. The molecule has 27 heavy (non-hydrogen) atoms. The highest BCUT2D eigenvalue weighted by molar-refractivity contribution is 5.87. The predicted octanol–water partition coefficient (Wildman–Crippen LogP) is 2.39. The number of urea groups is 1. The van der Waals surface area contributed by atoms with E-state index in [2.05, 4.69) is 35.7 Å². The van der Waals surface area contributed by atoms with E-state index in [4.69, 9.17) is 0 Å². The molecule has 0 atom stereocenters. The lowest BCUT2D eigenvalue weighted by molar-refractivity contribution is 0.252. The van der Waals surface area contributed by atoms with Crippen LogP contribution in [-0.2, 0) is 0 Å². The van der Waals surface area contributed by atoms with Crippen LogP contribution >= 0.6 is 0 Å². The molecule has 4 rings (SSSR count). The van der Waals surface area contributed by atoms with Gasteiger partial charge in [-0.15, -0.1) is 5.10 Å². The minimum absolute atomic E-state index is 0.211. The Kier molecular flexibility index (Phi) is 4.40. The van der Waals surface area contributed by atoms with Crippen LogP contribution in [0.3, 0.4) is 0 Å². The van der Waals surface area contributed by atoms with Gasteiger partial charge in [0.2, 0.25) is 0 Å². The van der Waals surface area contributed by atoms with Gasteiger partial charge >= 0.3 is 6.03 Å². The molecule has 4 aromatic rings. The fraction of sp³-hybridized carbons (Fsp3) is 0.111. The third-order valence-corrected chi connectivity index (χ3v) is 3.85. The number of hydrogen-bond acceptors (Lipinski definition) is 6. The Balaban J connectivity index is 1.86. The second kappa shape index (κ2) is 7.16. The van der Waals surface area contributed by atoms with Crippen LogP contribution in [0.1, 0.15) is 6.92 Å². The van der Waals surface area contributed by atoms with Crippen molar-refractivity contribution in [1.29, 1.82) is 0 Å². The van der Waals surface area contributed by atoms with Crippen LogP contribution in [-0.4, -0.2) is 42.1 Å². The molecule has 2 amide bonds. The van der Waals surface area contributed by atoms with E-state index in [0.29, 0.717) is 12.2 Å². The van der Waals surface area contributed by atoms with Crippen molar-refractivity contribution in [2.75, 3.05) is 11.9 Å². The topological polar surface area (TPSA) is 110 Å². The first kappa shape index (κ1) is 16.6. The summed E-state index contributed by atoms with van der Waals surface area (Å²) in [5, 5.41) is 9.70. The lowest BCUT2D eigenvalue weighted by Gasteiger charge is -2.07. The first-order valence-corrected chi connectivity index (χ1v) is 8.36. The zero-order valence-corrected chi connectivity index (χ0v) is 14.5. The Hall–Kier alpha value is -3.88. The van der Waals surface area contributed by atoms with Crippen LogP contribution in [0.2, 0.25) is 0 Å². The van der Waals surface area contributed by atoms with Crippen LogP contribution < -0.4 is 10.6 Å². The average Bonchev–Trinajstić information content (AvgIpc) is 3.11. The fourth-order valence-corrected chi connectivity index (χ4v) is 2.68. The summed E-state index contributed by atoms with van der Waals surface area (Å²) >= 11 is 0. The number of rotatable bonds is 4. The maximum Gasteiger partial charge on any atom is 0.321 e. The van der Waals surface area contributed by atoms with E-state index in [1.807, 2.05) is 31.2 Å². The van der Waals surface area contributed by atoms with Crippen molar-refractivity contribution in [3.8, 4) is 22.4 Å². The molecule has 0 unspecified atom stereocenters. The molecule has 0 fully saturated rings. The van der Waals surface area contributed by atoms with Gasteiger partial charge in [0.15, 0.2) is 5.65 Å². The molecule has 0 aliphatic heterocycles. The van der Waals surface area contributed by atoms with E-state index in [0.717, 1.165) is 22.4 Å². The number of nitrogens with zero attached hydrogens (tertiary/aromatic N) is 6. The molecule has 9 nitrogen and oxygen atoms in total. The first-order valence-electron chi connectivity index (χ1n) is 8.36. The van der Waals surface area contributed by atoms with Gasteiger partial charge in [-0.3, -0.25) is 10.3 Å². The summed E-state index contributed by atoms with van der Waals surface area (Å²) in [6.07, 6.45) is 8.37. The number of anilines is 1.